The molecule has 0 aliphatic rings. The summed E-state index contributed by atoms with van der Waals surface area (Å²) < 4.78 is 1.40. The minimum absolute atomic E-state index is 0. The smallest absolute Gasteiger partial charge is 0.304 e. The normalized spacial score (nSPS) is 11.9. The van der Waals surface area contributed by atoms with Crippen LogP contribution in [0.3, 0.4) is 0 Å². The Morgan fingerprint density at radius 3 is 0.880 bits per heavy atom. The number of carbonyl (C=O) groups excluding carboxylic acids is 9. The topological polar surface area (TPSA) is 430 Å². The molecule has 3 radical (unpaired) electrons. The van der Waals surface area contributed by atoms with Gasteiger partial charge in [-0.2, -0.15) is 0 Å². The molecule has 3 rings (SSSR count). The molecule has 3 aromatic heterocycles. The van der Waals surface area contributed by atoms with Crippen LogP contribution < -0.4 is 64.5 Å². The fourth-order valence-electron chi connectivity index (χ4n) is 7.62. The Balaban J connectivity index is 0.0000235. The Morgan fingerprint density at radius 1 is 0.398 bits per heavy atom. The monoisotopic (exact) mass is 1220 g/mol. The molecule has 0 aliphatic heterocycles. The van der Waals surface area contributed by atoms with Crippen molar-refractivity contribution in [1.29, 1.82) is 0 Å². The molecule has 3 aromatic rings. The number of nitrogens with zero attached hydrogens (tertiary/aromatic N) is 7. The van der Waals surface area contributed by atoms with Crippen molar-refractivity contribution in [3.8, 4) is 0 Å². The van der Waals surface area contributed by atoms with Gasteiger partial charge in [-0.3, -0.25) is 77.4 Å². The van der Waals surface area contributed by atoms with E-state index in [2.05, 4.69) is 62.8 Å². The Hall–Kier alpha value is -8.13. The van der Waals surface area contributed by atoms with Crippen LogP contribution in [0.1, 0.15) is 111 Å². The van der Waals surface area contributed by atoms with Crippen molar-refractivity contribution in [3.05, 3.63) is 82.3 Å². The first-order valence-electron chi connectivity index (χ1n) is 26.7. The molecule has 0 aromatic carbocycles. The zero-order chi connectivity index (χ0) is 61.4. The fourth-order valence-corrected chi connectivity index (χ4v) is 7.62. The van der Waals surface area contributed by atoms with E-state index in [1.54, 1.807) is 20.8 Å². The first kappa shape index (κ1) is 71.0. The number of aromatic nitrogens is 6. The van der Waals surface area contributed by atoms with E-state index < -0.39 is 88.0 Å². The zero-order valence-electron chi connectivity index (χ0n) is 48.4. The van der Waals surface area contributed by atoms with Crippen molar-refractivity contribution >= 4 is 73.0 Å². The van der Waals surface area contributed by atoms with Crippen molar-refractivity contribution in [2.75, 3.05) is 58.9 Å². The maximum Gasteiger partial charge on any atom is 0.304 e. The van der Waals surface area contributed by atoms with Gasteiger partial charge in [0.15, 0.2) is 0 Å². The second-order valence-electron chi connectivity index (χ2n) is 19.4. The van der Waals surface area contributed by atoms with Crippen LogP contribution in [0.15, 0.2) is 14.4 Å². The molecular formula is C51H78GaN16O15. The predicted molar refractivity (Wildman–Crippen MR) is 297 cm³/mol. The Kier molecular flexibility index (Phi) is 29.9. The van der Waals surface area contributed by atoms with Crippen molar-refractivity contribution in [1.82, 2.24) is 81.9 Å². The van der Waals surface area contributed by atoms with Crippen LogP contribution in [-0.4, -0.2) is 200 Å². The molecule has 0 bridgehead atoms. The van der Waals surface area contributed by atoms with E-state index in [0.29, 0.717) is 31.3 Å². The predicted octanol–water partition coefficient (Wildman–Crippen LogP) is -4.58. The van der Waals surface area contributed by atoms with Crippen LogP contribution in [0.25, 0.3) is 0 Å². The molecule has 3 atom stereocenters. The maximum absolute atomic E-state index is 12.8. The van der Waals surface area contributed by atoms with E-state index >= 15 is 0 Å². The van der Waals surface area contributed by atoms with Crippen LogP contribution in [0.4, 0.5) is 0 Å². The van der Waals surface area contributed by atoms with Gasteiger partial charge in [-0.25, -0.2) is 0 Å². The molecule has 0 saturated carbocycles. The molecule has 3 heterocycles. The summed E-state index contributed by atoms with van der Waals surface area (Å²) in [6.45, 7) is 14.6. The van der Waals surface area contributed by atoms with E-state index in [1.807, 2.05) is 4.90 Å². The van der Waals surface area contributed by atoms with Crippen molar-refractivity contribution in [2.24, 2.45) is 0 Å². The van der Waals surface area contributed by atoms with Crippen molar-refractivity contribution in [2.45, 2.75) is 138 Å². The number of rotatable bonds is 33. The summed E-state index contributed by atoms with van der Waals surface area (Å²) in [6.07, 6.45) is -1.12. The van der Waals surface area contributed by atoms with Crippen LogP contribution in [0.5, 0.6) is 0 Å². The molecule has 31 nitrogen and oxygen atoms in total. The quantitative estimate of drug-likeness (QED) is 0.0202. The second-order valence-corrected chi connectivity index (χ2v) is 19.4. The van der Waals surface area contributed by atoms with Crippen molar-refractivity contribution in [3.63, 3.8) is 0 Å². The van der Waals surface area contributed by atoms with Gasteiger partial charge in [0.1, 0.15) is 35.2 Å². The molecular weight excluding hydrogens is 1150 g/mol. The van der Waals surface area contributed by atoms with Crippen LogP contribution >= 0.6 is 0 Å². The zero-order valence-corrected chi connectivity index (χ0v) is 50.8. The molecule has 0 fully saturated rings. The van der Waals surface area contributed by atoms with Gasteiger partial charge < -0.3 is 63.5 Å². The van der Waals surface area contributed by atoms with Gasteiger partial charge >= 0.3 is 16.7 Å². The van der Waals surface area contributed by atoms with Gasteiger partial charge in [-0.15, -0.1) is 14.2 Å². The summed E-state index contributed by atoms with van der Waals surface area (Å²) in [7, 11) is 0. The maximum atomic E-state index is 12.8. The van der Waals surface area contributed by atoms with Gasteiger partial charge in [0.05, 0.1) is 34.2 Å². The van der Waals surface area contributed by atoms with Crippen LogP contribution in [-0.2, 0) is 62.4 Å². The number of carbonyl (C=O) groups is 9. The van der Waals surface area contributed by atoms with Gasteiger partial charge in [0, 0.05) is 136 Å². The number of hydrogen-bond acceptors (Lipinski definition) is 19. The molecule has 32 heteroatoms. The summed E-state index contributed by atoms with van der Waals surface area (Å²) in [5.74, 6) is -4.57. The molecule has 12 N–H and O–H groups in total. The SMILES string of the molecule is Cc1nc(CCC(=O)N[C@H](C)C(=O)NCCC(=O)NCCN(CCNC(=O)CCNC(=O)[C@@H](C)NC(=O)CCc2nc(C)c(C)n(O)c2=O)CCNC(=O)CCNC(=O)[C@@H](C)NC(=O)CCc2nc(C)c(C)n(O)c2=O)c(=O)n(O)c1C.[Ga]. The molecule has 83 heavy (non-hydrogen) atoms. The minimum Gasteiger partial charge on any atom is -0.425 e. The van der Waals surface area contributed by atoms with Gasteiger partial charge in [-0.05, 0) is 62.3 Å². The third-order valence-corrected chi connectivity index (χ3v) is 13.0. The Labute approximate surface area is 491 Å². The van der Waals surface area contributed by atoms with Gasteiger partial charge in [0.25, 0.3) is 0 Å². The van der Waals surface area contributed by atoms with Crippen LogP contribution in [0, 0.1) is 41.5 Å². The summed E-state index contributed by atoms with van der Waals surface area (Å²) >= 11 is 0. The molecule has 0 aliphatic carbocycles. The number of aryl methyl sites for hydroxylation is 6. The number of hydrogen-bond donors (Lipinski definition) is 12. The number of amides is 9. The Morgan fingerprint density at radius 2 is 0.639 bits per heavy atom. The second kappa shape index (κ2) is 35.0. The molecule has 0 unspecified atom stereocenters. The Bertz CT molecular complexity index is 2690. The summed E-state index contributed by atoms with van der Waals surface area (Å²) in [5.41, 5.74) is -0.222. The van der Waals surface area contributed by atoms with E-state index in [9.17, 15) is 73.2 Å². The average molecular weight is 1230 g/mol. The molecule has 9 amide bonds. The average Bonchev–Trinajstić information content (AvgIpc) is 3.52. The first-order valence-corrected chi connectivity index (χ1v) is 26.7. The van der Waals surface area contributed by atoms with Crippen molar-refractivity contribution < 1.29 is 58.8 Å². The largest absolute Gasteiger partial charge is 0.425 e. The summed E-state index contributed by atoms with van der Waals surface area (Å²) in [4.78, 5) is 165. The van der Waals surface area contributed by atoms with E-state index in [0.717, 1.165) is 0 Å². The first-order chi connectivity index (χ1) is 38.6. The fraction of sp³-hybridized carbons (Fsp3) is 0.588. The molecule has 455 valence electrons. The number of nitrogens with one attached hydrogen (secondary N) is 9. The van der Waals surface area contributed by atoms with E-state index in [-0.39, 0.29) is 171 Å². The van der Waals surface area contributed by atoms with Gasteiger partial charge in [-0.1, -0.05) is 0 Å². The molecule has 0 saturated heterocycles. The standard InChI is InChI=1S/C51H78N16O15.Ga/c1-28-34(7)65(80)49(77)37(58-28)10-13-43(71)61-31(4)46(74)55-19-16-40(68)52-22-25-64(26-23-53-41(69)17-20-56-47(75)32(5)62-44(72)14-11-38-50(78)66(81)35(8)29(2)59-38)27-24-54-42(70)18-21-57-48(76)33(6)63-45(73)15-12-39-51(79)67(82)36(9)30(3)60-39;/h31-33,80-82H,10-27H2,1-9H3,(H,52,68)(H,53,69)(H,54,70)(H,55,74)(H,56,75)(H,57,76)(H,61,71)(H,62,72)(H,63,73);/t31-,32-,33-;/m1./s1. The van der Waals surface area contributed by atoms with E-state index in [1.165, 1.54) is 41.5 Å². The summed E-state index contributed by atoms with van der Waals surface area (Å²) in [5, 5.41) is 53.4. The van der Waals surface area contributed by atoms with Gasteiger partial charge in [0.2, 0.25) is 53.2 Å². The minimum atomic E-state index is -0.981. The van der Waals surface area contributed by atoms with Crippen LogP contribution in [0.2, 0.25) is 0 Å². The summed E-state index contributed by atoms with van der Waals surface area (Å²) in [6, 6.07) is -2.94. The molecule has 0 spiro atoms. The third-order valence-electron chi connectivity index (χ3n) is 13.0. The third kappa shape index (κ3) is 23.7. The van der Waals surface area contributed by atoms with E-state index in [4.69, 9.17) is 0 Å².